The molecule has 0 bridgehead atoms. The Hall–Kier alpha value is -2.73. The highest BCUT2D eigenvalue weighted by Gasteiger charge is 2.33. The zero-order valence-corrected chi connectivity index (χ0v) is 21.2. The number of amidine groups is 1. The summed E-state index contributed by atoms with van der Waals surface area (Å²) in [5.41, 5.74) is 3.83. The van der Waals surface area contributed by atoms with Crippen LogP contribution in [0.3, 0.4) is 0 Å². The van der Waals surface area contributed by atoms with E-state index < -0.39 is 0 Å². The van der Waals surface area contributed by atoms with E-state index in [2.05, 4.69) is 62.1 Å². The molecule has 4 rings (SSSR count). The third kappa shape index (κ3) is 5.33. The van der Waals surface area contributed by atoms with E-state index in [4.69, 9.17) is 23.9 Å². The molecular formula is C28H38N2O4. The Kier molecular flexibility index (Phi) is 7.67. The zero-order chi connectivity index (χ0) is 24.1. The first-order valence-corrected chi connectivity index (χ1v) is 12.3. The van der Waals surface area contributed by atoms with E-state index in [9.17, 15) is 0 Å². The van der Waals surface area contributed by atoms with Gasteiger partial charge in [-0.3, -0.25) is 0 Å². The van der Waals surface area contributed by atoms with Gasteiger partial charge in [0.2, 0.25) is 0 Å². The molecule has 2 aromatic carbocycles. The summed E-state index contributed by atoms with van der Waals surface area (Å²) in [5.74, 6) is 1.52. The molecular weight excluding hydrogens is 428 g/mol. The summed E-state index contributed by atoms with van der Waals surface area (Å²) in [6, 6.07) is 13.7. The molecule has 1 aliphatic carbocycles. The first-order chi connectivity index (χ1) is 16.4. The highest BCUT2D eigenvalue weighted by atomic mass is 16.7. The molecule has 0 aromatic heterocycles. The largest absolute Gasteiger partial charge is 0.496 e. The van der Waals surface area contributed by atoms with Crippen LogP contribution in [0.25, 0.3) is 0 Å². The molecule has 1 fully saturated rings. The molecule has 6 heteroatoms. The van der Waals surface area contributed by atoms with Crippen molar-refractivity contribution in [3.05, 3.63) is 53.1 Å². The van der Waals surface area contributed by atoms with Crippen LogP contribution in [0.1, 0.15) is 69.6 Å². The van der Waals surface area contributed by atoms with Crippen LogP contribution < -0.4 is 9.47 Å². The third-order valence-electron chi connectivity index (χ3n) is 6.68. The van der Waals surface area contributed by atoms with Crippen molar-refractivity contribution >= 4 is 11.7 Å². The highest BCUT2D eigenvalue weighted by molar-refractivity contribution is 5.83. The second-order valence-corrected chi connectivity index (χ2v) is 10.2. The standard InChI is InChI=1S/C28H38N2O4/c1-28(2,3)23-16-24(32-5)22-18-33-27(29-25(22)26(23)34-19-31-4)30(21-14-10-7-11-15-21)17-20-12-8-6-9-13-20/h6,8-9,12-13,16,21H,7,10-11,14-15,17-19H2,1-5H3. The maximum atomic E-state index is 6.33. The van der Waals surface area contributed by atoms with Gasteiger partial charge in [0.25, 0.3) is 6.02 Å². The van der Waals surface area contributed by atoms with Crippen LogP contribution in [0.5, 0.6) is 11.5 Å². The first kappa shape index (κ1) is 24.4. The lowest BCUT2D eigenvalue weighted by Crippen LogP contribution is -2.42. The number of nitrogens with zero attached hydrogens (tertiary/aromatic N) is 2. The predicted octanol–water partition coefficient (Wildman–Crippen LogP) is 6.33. The summed E-state index contributed by atoms with van der Waals surface area (Å²) in [6.07, 6.45) is 6.09. The number of benzene rings is 2. The summed E-state index contributed by atoms with van der Waals surface area (Å²) < 4.78 is 23.5. The lowest BCUT2D eigenvalue weighted by molar-refractivity contribution is 0.0498. The van der Waals surface area contributed by atoms with Crippen LogP contribution >= 0.6 is 0 Å². The van der Waals surface area contributed by atoms with Crippen molar-refractivity contribution in [1.29, 1.82) is 0 Å². The van der Waals surface area contributed by atoms with E-state index >= 15 is 0 Å². The molecule has 2 aliphatic rings. The van der Waals surface area contributed by atoms with Crippen LogP contribution in [-0.4, -0.2) is 38.0 Å². The topological polar surface area (TPSA) is 52.5 Å². The number of ether oxygens (including phenoxy) is 4. The Labute approximate surface area is 203 Å². The predicted molar refractivity (Wildman–Crippen MR) is 135 cm³/mol. The van der Waals surface area contributed by atoms with Crippen LogP contribution in [0.15, 0.2) is 41.4 Å². The maximum absolute atomic E-state index is 6.33. The molecule has 1 aliphatic heterocycles. The second-order valence-electron chi connectivity index (χ2n) is 10.2. The molecule has 0 radical (unpaired) electrons. The van der Waals surface area contributed by atoms with E-state index in [1.54, 1.807) is 14.2 Å². The maximum Gasteiger partial charge on any atom is 0.293 e. The molecule has 2 aromatic rings. The fourth-order valence-corrected chi connectivity index (χ4v) is 4.86. The van der Waals surface area contributed by atoms with Gasteiger partial charge in [0, 0.05) is 25.3 Å². The summed E-state index contributed by atoms with van der Waals surface area (Å²) in [5, 5.41) is 0. The molecule has 0 N–H and O–H groups in total. The van der Waals surface area contributed by atoms with Gasteiger partial charge in [0.15, 0.2) is 12.5 Å². The summed E-state index contributed by atoms with van der Waals surface area (Å²) in [4.78, 5) is 7.47. The Morgan fingerprint density at radius 3 is 2.44 bits per heavy atom. The zero-order valence-electron chi connectivity index (χ0n) is 21.2. The summed E-state index contributed by atoms with van der Waals surface area (Å²) in [6.45, 7) is 7.82. The first-order valence-electron chi connectivity index (χ1n) is 12.3. The highest BCUT2D eigenvalue weighted by Crippen LogP contribution is 2.47. The summed E-state index contributed by atoms with van der Waals surface area (Å²) in [7, 11) is 3.33. The van der Waals surface area contributed by atoms with E-state index in [1.807, 2.05) is 0 Å². The Morgan fingerprint density at radius 1 is 1.06 bits per heavy atom. The van der Waals surface area contributed by atoms with E-state index in [0.29, 0.717) is 18.7 Å². The number of fused-ring (bicyclic) bond motifs is 1. The fraction of sp³-hybridized carbons (Fsp3) is 0.536. The molecule has 34 heavy (non-hydrogen) atoms. The minimum absolute atomic E-state index is 0.157. The Bertz CT molecular complexity index is 992. The van der Waals surface area contributed by atoms with Crippen LogP contribution in [0.4, 0.5) is 5.69 Å². The third-order valence-corrected chi connectivity index (χ3v) is 6.68. The van der Waals surface area contributed by atoms with Crippen molar-refractivity contribution in [2.24, 2.45) is 4.99 Å². The van der Waals surface area contributed by atoms with Gasteiger partial charge in [0.05, 0.1) is 12.7 Å². The molecule has 6 nitrogen and oxygen atoms in total. The van der Waals surface area contributed by atoms with E-state index in [-0.39, 0.29) is 12.2 Å². The SMILES string of the molecule is COCOc1c(C(C)(C)C)cc(OC)c2c1N=C(N(Cc1ccccc1)C1CCCCC1)OC2. The van der Waals surface area contributed by atoms with Crippen molar-refractivity contribution in [2.75, 3.05) is 21.0 Å². The van der Waals surface area contributed by atoms with Gasteiger partial charge in [-0.05, 0) is 29.9 Å². The van der Waals surface area contributed by atoms with E-state index in [1.165, 1.54) is 24.8 Å². The van der Waals surface area contributed by atoms with Crippen molar-refractivity contribution in [3.8, 4) is 11.5 Å². The lowest BCUT2D eigenvalue weighted by atomic mass is 9.84. The van der Waals surface area contributed by atoms with E-state index in [0.717, 1.165) is 47.7 Å². The molecule has 0 spiro atoms. The number of hydrogen-bond donors (Lipinski definition) is 0. The van der Waals surface area contributed by atoms with Crippen molar-refractivity contribution in [1.82, 2.24) is 4.90 Å². The van der Waals surface area contributed by atoms with Gasteiger partial charge in [-0.2, -0.15) is 4.99 Å². The summed E-state index contributed by atoms with van der Waals surface area (Å²) >= 11 is 0. The van der Waals surface area contributed by atoms with Crippen molar-refractivity contribution in [2.45, 2.75) is 77.5 Å². The molecule has 0 unspecified atom stereocenters. The molecule has 184 valence electrons. The second kappa shape index (κ2) is 10.7. The van der Waals surface area contributed by atoms with Crippen LogP contribution in [-0.2, 0) is 28.0 Å². The number of hydrogen-bond acceptors (Lipinski definition) is 6. The van der Waals surface area contributed by atoms with Crippen LogP contribution in [0.2, 0.25) is 0 Å². The minimum Gasteiger partial charge on any atom is -0.496 e. The van der Waals surface area contributed by atoms with Gasteiger partial charge in [-0.15, -0.1) is 0 Å². The molecule has 0 saturated heterocycles. The van der Waals surface area contributed by atoms with Crippen molar-refractivity contribution < 1.29 is 18.9 Å². The van der Waals surface area contributed by atoms with Gasteiger partial charge in [0.1, 0.15) is 18.0 Å². The van der Waals surface area contributed by atoms with Gasteiger partial charge < -0.3 is 23.8 Å². The number of methoxy groups -OCH3 is 2. The molecule has 1 saturated carbocycles. The van der Waals surface area contributed by atoms with Gasteiger partial charge >= 0.3 is 0 Å². The smallest absolute Gasteiger partial charge is 0.293 e. The monoisotopic (exact) mass is 466 g/mol. The Morgan fingerprint density at radius 2 is 1.79 bits per heavy atom. The molecule has 0 atom stereocenters. The van der Waals surface area contributed by atoms with Crippen LogP contribution in [0, 0.1) is 0 Å². The van der Waals surface area contributed by atoms with Gasteiger partial charge in [-0.25, -0.2) is 0 Å². The fourth-order valence-electron chi connectivity index (χ4n) is 4.86. The minimum atomic E-state index is -0.160. The quantitative estimate of drug-likeness (QED) is 0.447. The Balaban J connectivity index is 1.81. The lowest BCUT2D eigenvalue weighted by Gasteiger charge is -2.37. The van der Waals surface area contributed by atoms with Crippen molar-refractivity contribution in [3.63, 3.8) is 0 Å². The normalized spacial score (nSPS) is 16.3. The average Bonchev–Trinajstić information content (AvgIpc) is 2.85. The average molecular weight is 467 g/mol. The number of rotatable bonds is 7. The van der Waals surface area contributed by atoms with Gasteiger partial charge in [-0.1, -0.05) is 70.4 Å². The molecule has 1 heterocycles. The number of aliphatic imine (C=N–C) groups is 1. The molecule has 0 amide bonds.